The minimum Gasteiger partial charge on any atom is -0.348 e. The fourth-order valence-electron chi connectivity index (χ4n) is 3.72. The van der Waals surface area contributed by atoms with Crippen molar-refractivity contribution in [1.82, 2.24) is 14.9 Å². The molecule has 0 aliphatic rings. The molecule has 0 saturated carbocycles. The van der Waals surface area contributed by atoms with Gasteiger partial charge in [0.15, 0.2) is 9.84 Å². The van der Waals surface area contributed by atoms with E-state index >= 15 is 0 Å². The maximum Gasteiger partial charge on any atom is 0.416 e. The predicted octanol–water partition coefficient (Wildman–Crippen LogP) is 4.83. The van der Waals surface area contributed by atoms with E-state index in [4.69, 9.17) is 0 Å². The van der Waals surface area contributed by atoms with E-state index in [1.54, 1.807) is 47.9 Å². The number of fused-ring (bicyclic) bond motifs is 1. The number of hydrogen-bond acceptors (Lipinski definition) is 4. The van der Waals surface area contributed by atoms with Gasteiger partial charge in [0.2, 0.25) is 0 Å². The van der Waals surface area contributed by atoms with Gasteiger partial charge in [0.25, 0.3) is 5.91 Å². The average Bonchev–Trinajstić information content (AvgIpc) is 3.24. The van der Waals surface area contributed by atoms with Gasteiger partial charge < -0.3 is 9.88 Å². The van der Waals surface area contributed by atoms with Gasteiger partial charge in [-0.15, -0.1) is 0 Å². The van der Waals surface area contributed by atoms with Gasteiger partial charge in [0, 0.05) is 18.7 Å². The molecule has 3 aromatic carbocycles. The smallest absolute Gasteiger partial charge is 0.348 e. The molecule has 1 aromatic heterocycles. The lowest BCUT2D eigenvalue weighted by Crippen LogP contribution is -2.22. The molecule has 0 spiro atoms. The topological polar surface area (TPSA) is 81.1 Å². The molecule has 4 aromatic rings. The first-order chi connectivity index (χ1) is 16.6. The number of sulfone groups is 1. The van der Waals surface area contributed by atoms with Gasteiger partial charge in [-0.05, 0) is 47.5 Å². The molecule has 0 unspecified atom stereocenters. The van der Waals surface area contributed by atoms with Crippen molar-refractivity contribution < 1.29 is 26.4 Å². The molecule has 0 fully saturated rings. The standard InChI is InChI=1S/C25H22F3N3O3S/c1-2-35(33,34)20-10-7-17(8-11-20)14-29-24(32)18-9-12-23-22(13-18)30-16-31(23)15-19-5-3-4-6-21(19)25(26,27)28/h3-13,16H,2,14-15H2,1H3,(H,29,32). The largest absolute Gasteiger partial charge is 0.416 e. The number of nitrogens with one attached hydrogen (secondary N) is 1. The Kier molecular flexibility index (Phi) is 6.66. The Morgan fingerprint density at radius 2 is 1.74 bits per heavy atom. The number of hydrogen-bond donors (Lipinski definition) is 1. The lowest BCUT2D eigenvalue weighted by atomic mass is 10.1. The molecule has 6 nitrogen and oxygen atoms in total. The third-order valence-electron chi connectivity index (χ3n) is 5.66. The van der Waals surface area contributed by atoms with E-state index in [-0.39, 0.29) is 35.2 Å². The molecule has 35 heavy (non-hydrogen) atoms. The van der Waals surface area contributed by atoms with Crippen LogP contribution in [0.5, 0.6) is 0 Å². The first kappa shape index (κ1) is 24.5. The molecule has 0 atom stereocenters. The first-order valence-electron chi connectivity index (χ1n) is 10.8. The van der Waals surface area contributed by atoms with Crippen LogP contribution >= 0.6 is 0 Å². The van der Waals surface area contributed by atoms with Crippen molar-refractivity contribution in [1.29, 1.82) is 0 Å². The van der Waals surface area contributed by atoms with Gasteiger partial charge in [0.1, 0.15) is 0 Å². The van der Waals surface area contributed by atoms with Crippen molar-refractivity contribution >= 4 is 26.8 Å². The summed E-state index contributed by atoms with van der Waals surface area (Å²) in [5, 5.41) is 2.77. The van der Waals surface area contributed by atoms with Crippen molar-refractivity contribution in [3.8, 4) is 0 Å². The molecule has 1 N–H and O–H groups in total. The monoisotopic (exact) mass is 501 g/mol. The van der Waals surface area contributed by atoms with E-state index in [1.165, 1.54) is 30.6 Å². The number of rotatable bonds is 7. The third kappa shape index (κ3) is 5.37. The summed E-state index contributed by atoms with van der Waals surface area (Å²) in [6, 6.07) is 16.5. The van der Waals surface area contributed by atoms with E-state index in [2.05, 4.69) is 10.3 Å². The van der Waals surface area contributed by atoms with Crippen LogP contribution in [0, 0.1) is 0 Å². The zero-order valence-corrected chi connectivity index (χ0v) is 19.5. The minimum atomic E-state index is -4.46. The highest BCUT2D eigenvalue weighted by Gasteiger charge is 2.32. The summed E-state index contributed by atoms with van der Waals surface area (Å²) in [5.74, 6) is -0.343. The fraction of sp³-hybridized carbons (Fsp3) is 0.200. The number of nitrogens with zero attached hydrogens (tertiary/aromatic N) is 2. The summed E-state index contributed by atoms with van der Waals surface area (Å²) >= 11 is 0. The second-order valence-electron chi connectivity index (χ2n) is 7.96. The highest BCUT2D eigenvalue weighted by molar-refractivity contribution is 7.91. The number of aromatic nitrogens is 2. The number of amides is 1. The average molecular weight is 502 g/mol. The molecule has 4 rings (SSSR count). The van der Waals surface area contributed by atoms with Crippen molar-refractivity contribution in [2.75, 3.05) is 5.75 Å². The van der Waals surface area contributed by atoms with Crippen LogP contribution in [-0.4, -0.2) is 29.6 Å². The summed E-state index contributed by atoms with van der Waals surface area (Å²) in [5.41, 5.74) is 1.60. The van der Waals surface area contributed by atoms with Crippen molar-refractivity contribution in [3.63, 3.8) is 0 Å². The molecule has 10 heteroatoms. The molecule has 0 radical (unpaired) electrons. The Hall–Kier alpha value is -3.66. The van der Waals surface area contributed by atoms with Gasteiger partial charge in [-0.3, -0.25) is 4.79 Å². The normalized spacial score (nSPS) is 12.1. The van der Waals surface area contributed by atoms with E-state index < -0.39 is 21.6 Å². The third-order valence-corrected chi connectivity index (χ3v) is 7.41. The van der Waals surface area contributed by atoms with Crippen LogP contribution < -0.4 is 5.32 Å². The quantitative estimate of drug-likeness (QED) is 0.394. The second-order valence-corrected chi connectivity index (χ2v) is 10.2. The zero-order chi connectivity index (χ0) is 25.2. The lowest BCUT2D eigenvalue weighted by molar-refractivity contribution is -0.138. The summed E-state index contributed by atoms with van der Waals surface area (Å²) in [4.78, 5) is 17.1. The van der Waals surface area contributed by atoms with Gasteiger partial charge in [0.05, 0.1) is 33.6 Å². The van der Waals surface area contributed by atoms with E-state index in [0.29, 0.717) is 16.6 Å². The van der Waals surface area contributed by atoms with Crippen LogP contribution in [0.2, 0.25) is 0 Å². The Balaban J connectivity index is 1.47. The molecule has 0 saturated heterocycles. The molecular formula is C25H22F3N3O3S. The van der Waals surface area contributed by atoms with E-state index in [1.807, 2.05) is 0 Å². The van der Waals surface area contributed by atoms with Crippen LogP contribution in [0.3, 0.4) is 0 Å². The molecule has 182 valence electrons. The Labute approximate surface area is 200 Å². The van der Waals surface area contributed by atoms with Crippen molar-refractivity contribution in [2.24, 2.45) is 0 Å². The highest BCUT2D eigenvalue weighted by atomic mass is 32.2. The highest BCUT2D eigenvalue weighted by Crippen LogP contribution is 2.32. The molecule has 0 aliphatic carbocycles. The fourth-order valence-corrected chi connectivity index (χ4v) is 4.60. The summed E-state index contributed by atoms with van der Waals surface area (Å²) < 4.78 is 65.4. The molecule has 0 bridgehead atoms. The van der Waals surface area contributed by atoms with Crippen molar-refractivity contribution in [2.45, 2.75) is 31.1 Å². The van der Waals surface area contributed by atoms with Crippen LogP contribution in [-0.2, 0) is 29.1 Å². The molecular weight excluding hydrogens is 479 g/mol. The number of carbonyl (C=O) groups is 1. The summed E-state index contributed by atoms with van der Waals surface area (Å²) in [7, 11) is -3.29. The molecule has 1 heterocycles. The van der Waals surface area contributed by atoms with Crippen LogP contribution in [0.25, 0.3) is 11.0 Å². The first-order valence-corrected chi connectivity index (χ1v) is 12.4. The van der Waals surface area contributed by atoms with Crippen LogP contribution in [0.15, 0.2) is 78.0 Å². The molecule has 1 amide bonds. The van der Waals surface area contributed by atoms with Gasteiger partial charge in [-0.2, -0.15) is 13.2 Å². The maximum absolute atomic E-state index is 13.3. The van der Waals surface area contributed by atoms with Crippen molar-refractivity contribution in [3.05, 3.63) is 95.3 Å². The van der Waals surface area contributed by atoms with E-state index in [0.717, 1.165) is 11.6 Å². The Morgan fingerprint density at radius 3 is 2.43 bits per heavy atom. The number of imidazole rings is 1. The van der Waals surface area contributed by atoms with Crippen LogP contribution in [0.4, 0.5) is 13.2 Å². The van der Waals surface area contributed by atoms with E-state index in [9.17, 15) is 26.4 Å². The Morgan fingerprint density at radius 1 is 1.03 bits per heavy atom. The number of halogens is 3. The SMILES string of the molecule is CCS(=O)(=O)c1ccc(CNC(=O)c2ccc3c(c2)ncn3Cc2ccccc2C(F)(F)F)cc1. The Bertz CT molecular complexity index is 1480. The number of benzene rings is 3. The lowest BCUT2D eigenvalue weighted by Gasteiger charge is -2.13. The number of alkyl halides is 3. The zero-order valence-electron chi connectivity index (χ0n) is 18.7. The molecule has 0 aliphatic heterocycles. The van der Waals surface area contributed by atoms with Gasteiger partial charge in [-0.25, -0.2) is 13.4 Å². The predicted molar refractivity (Wildman–Crippen MR) is 126 cm³/mol. The summed E-state index contributed by atoms with van der Waals surface area (Å²) in [6.07, 6.45) is -3.01. The van der Waals surface area contributed by atoms with Crippen LogP contribution in [0.1, 0.15) is 34.0 Å². The number of carbonyl (C=O) groups excluding carboxylic acids is 1. The maximum atomic E-state index is 13.3. The second kappa shape index (κ2) is 9.53. The van der Waals surface area contributed by atoms with Gasteiger partial charge >= 0.3 is 6.18 Å². The minimum absolute atomic E-state index is 0.0101. The van der Waals surface area contributed by atoms with Gasteiger partial charge in [-0.1, -0.05) is 37.3 Å². The summed E-state index contributed by atoms with van der Waals surface area (Å²) in [6.45, 7) is 1.76.